The molecule has 1 unspecified atom stereocenters. The minimum Gasteiger partial charge on any atom is -0.326 e. The van der Waals surface area contributed by atoms with Crippen molar-refractivity contribution in [1.29, 1.82) is 0 Å². The third-order valence-electron chi connectivity index (χ3n) is 7.23. The smallest absolute Gasteiger partial charge is 0.237 e. The van der Waals surface area contributed by atoms with Gasteiger partial charge in [-0.1, -0.05) is 24.3 Å². The first-order valence-corrected chi connectivity index (χ1v) is 11.6. The number of carbonyl (C=O) groups excluding carboxylic acids is 3. The van der Waals surface area contributed by atoms with Gasteiger partial charge in [0.15, 0.2) is 0 Å². The van der Waals surface area contributed by atoms with E-state index in [2.05, 4.69) is 20.9 Å². The standard InChI is InChI=1S/C27H24N4O3/c32-23(10-7-16-3-1-5-22-20(16)9-11-24(33)30-22)29-19-8-6-17-14-27(15-18(17)13-19)21-4-2-12-28-25(21)31-26(27)34/h1-6,8,12-13H,7,9-11,14-15H2,(H,29,32)(H,30,33)(H,28,31,34). The molecular formula is C27H24N4O3. The fourth-order valence-corrected chi connectivity index (χ4v) is 5.55. The molecular weight excluding hydrogens is 428 g/mol. The fourth-order valence-electron chi connectivity index (χ4n) is 5.55. The van der Waals surface area contributed by atoms with E-state index in [9.17, 15) is 14.4 Å². The number of fused-ring (bicyclic) bond motifs is 4. The maximum Gasteiger partial charge on any atom is 0.237 e. The van der Waals surface area contributed by atoms with Crippen molar-refractivity contribution in [2.24, 2.45) is 0 Å². The van der Waals surface area contributed by atoms with Crippen molar-refractivity contribution in [3.8, 4) is 0 Å². The predicted octanol–water partition coefficient (Wildman–Crippen LogP) is 3.53. The summed E-state index contributed by atoms with van der Waals surface area (Å²) in [5.41, 5.74) is 6.37. The van der Waals surface area contributed by atoms with Crippen LogP contribution in [0.3, 0.4) is 0 Å². The second kappa shape index (κ2) is 7.80. The number of aryl methyl sites for hydroxylation is 1. The number of nitrogens with one attached hydrogen (secondary N) is 3. The number of aromatic nitrogens is 1. The summed E-state index contributed by atoms with van der Waals surface area (Å²) in [5.74, 6) is 0.621. The molecule has 7 heteroatoms. The van der Waals surface area contributed by atoms with Crippen molar-refractivity contribution in [2.75, 3.05) is 16.0 Å². The summed E-state index contributed by atoms with van der Waals surface area (Å²) in [6, 6.07) is 15.6. The quantitative estimate of drug-likeness (QED) is 0.564. The van der Waals surface area contributed by atoms with E-state index in [1.165, 1.54) is 0 Å². The van der Waals surface area contributed by atoms with Crippen LogP contribution in [0.25, 0.3) is 0 Å². The second-order valence-corrected chi connectivity index (χ2v) is 9.31. The molecule has 3 heterocycles. The summed E-state index contributed by atoms with van der Waals surface area (Å²) in [6.45, 7) is 0. The van der Waals surface area contributed by atoms with Gasteiger partial charge in [-0.2, -0.15) is 0 Å². The number of anilines is 3. The van der Waals surface area contributed by atoms with Gasteiger partial charge < -0.3 is 16.0 Å². The molecule has 3 aromatic rings. The van der Waals surface area contributed by atoms with Crippen LogP contribution in [0.4, 0.5) is 17.2 Å². The third-order valence-corrected chi connectivity index (χ3v) is 7.23. The maximum atomic E-state index is 12.9. The molecule has 0 bridgehead atoms. The molecule has 1 aliphatic carbocycles. The molecule has 170 valence electrons. The second-order valence-electron chi connectivity index (χ2n) is 9.31. The van der Waals surface area contributed by atoms with Gasteiger partial charge in [0.25, 0.3) is 0 Å². The van der Waals surface area contributed by atoms with Crippen LogP contribution in [0.2, 0.25) is 0 Å². The van der Waals surface area contributed by atoms with E-state index in [0.29, 0.717) is 44.3 Å². The van der Waals surface area contributed by atoms with Crippen LogP contribution in [0.15, 0.2) is 54.7 Å². The molecule has 34 heavy (non-hydrogen) atoms. The monoisotopic (exact) mass is 452 g/mol. The number of rotatable bonds is 4. The lowest BCUT2D eigenvalue weighted by Gasteiger charge is -2.20. The Morgan fingerprint density at radius 2 is 1.88 bits per heavy atom. The lowest BCUT2D eigenvalue weighted by atomic mass is 9.79. The van der Waals surface area contributed by atoms with Crippen LogP contribution in [0.5, 0.6) is 0 Å². The van der Waals surface area contributed by atoms with Gasteiger partial charge in [-0.05, 0) is 72.2 Å². The first kappa shape index (κ1) is 20.6. The highest BCUT2D eigenvalue weighted by molar-refractivity contribution is 6.06. The highest BCUT2D eigenvalue weighted by Crippen LogP contribution is 2.46. The lowest BCUT2D eigenvalue weighted by Crippen LogP contribution is -2.35. The van der Waals surface area contributed by atoms with Gasteiger partial charge in [-0.15, -0.1) is 0 Å². The molecule has 1 aromatic heterocycles. The zero-order valence-electron chi connectivity index (χ0n) is 18.6. The summed E-state index contributed by atoms with van der Waals surface area (Å²) < 4.78 is 0. The van der Waals surface area contributed by atoms with E-state index in [-0.39, 0.29) is 17.7 Å². The normalized spacial score (nSPS) is 19.8. The Morgan fingerprint density at radius 1 is 1.00 bits per heavy atom. The number of hydrogen-bond acceptors (Lipinski definition) is 4. The van der Waals surface area contributed by atoms with Crippen molar-refractivity contribution in [3.63, 3.8) is 0 Å². The summed E-state index contributed by atoms with van der Waals surface area (Å²) in [5, 5.41) is 8.85. The Kier molecular flexibility index (Phi) is 4.72. The Balaban J connectivity index is 1.14. The Bertz CT molecular complexity index is 1370. The molecule has 2 aliphatic heterocycles. The topological polar surface area (TPSA) is 100 Å². The van der Waals surface area contributed by atoms with Gasteiger partial charge >= 0.3 is 0 Å². The molecule has 1 spiro atoms. The van der Waals surface area contributed by atoms with Crippen LogP contribution in [-0.4, -0.2) is 22.7 Å². The molecule has 2 aromatic carbocycles. The molecule has 7 nitrogen and oxygen atoms in total. The minimum atomic E-state index is -0.615. The summed E-state index contributed by atoms with van der Waals surface area (Å²) >= 11 is 0. The highest BCUT2D eigenvalue weighted by Gasteiger charge is 2.51. The van der Waals surface area contributed by atoms with Gasteiger partial charge in [0, 0.05) is 36.0 Å². The molecule has 3 amide bonds. The van der Waals surface area contributed by atoms with Crippen molar-refractivity contribution >= 4 is 34.9 Å². The molecule has 6 rings (SSSR count). The largest absolute Gasteiger partial charge is 0.326 e. The van der Waals surface area contributed by atoms with Gasteiger partial charge in [0.1, 0.15) is 5.82 Å². The van der Waals surface area contributed by atoms with Crippen LogP contribution in [0.1, 0.15) is 40.7 Å². The number of hydrogen-bond donors (Lipinski definition) is 3. The van der Waals surface area contributed by atoms with E-state index in [1.54, 1.807) is 6.20 Å². The molecule has 0 fully saturated rings. The molecule has 3 aliphatic rings. The van der Waals surface area contributed by atoms with Crippen molar-refractivity contribution in [3.05, 3.63) is 82.5 Å². The van der Waals surface area contributed by atoms with Gasteiger partial charge in [0.2, 0.25) is 17.7 Å². The number of pyridine rings is 1. The first-order valence-electron chi connectivity index (χ1n) is 11.6. The Labute approximate surface area is 197 Å². The Hall–Kier alpha value is -4.00. The zero-order chi connectivity index (χ0) is 23.3. The average molecular weight is 453 g/mol. The number of nitrogens with zero attached hydrogens (tertiary/aromatic N) is 1. The van der Waals surface area contributed by atoms with E-state index >= 15 is 0 Å². The summed E-state index contributed by atoms with van der Waals surface area (Å²) in [4.78, 5) is 41.6. The van der Waals surface area contributed by atoms with Gasteiger partial charge in [0.05, 0.1) is 5.41 Å². The zero-order valence-corrected chi connectivity index (χ0v) is 18.6. The lowest BCUT2D eigenvalue weighted by molar-refractivity contribution is -0.120. The van der Waals surface area contributed by atoms with E-state index < -0.39 is 5.41 Å². The first-order chi connectivity index (χ1) is 16.5. The molecule has 0 radical (unpaired) electrons. The SMILES string of the molecule is O=C(CCc1cccc2c1CCC(=O)N2)Nc1ccc2c(c1)CC1(C2)C(=O)Nc2ncccc21. The highest BCUT2D eigenvalue weighted by atomic mass is 16.2. The Morgan fingerprint density at radius 3 is 2.79 bits per heavy atom. The van der Waals surface area contributed by atoms with E-state index in [0.717, 1.165) is 39.2 Å². The van der Waals surface area contributed by atoms with Crippen LogP contribution < -0.4 is 16.0 Å². The van der Waals surface area contributed by atoms with Gasteiger partial charge in [-0.25, -0.2) is 4.98 Å². The summed E-state index contributed by atoms with van der Waals surface area (Å²) in [6.07, 6.45) is 5.07. The molecule has 0 saturated carbocycles. The predicted molar refractivity (Wildman–Crippen MR) is 129 cm³/mol. The van der Waals surface area contributed by atoms with Crippen LogP contribution >= 0.6 is 0 Å². The van der Waals surface area contributed by atoms with Gasteiger partial charge in [-0.3, -0.25) is 14.4 Å². The maximum absolute atomic E-state index is 12.9. The third kappa shape index (κ3) is 3.36. The minimum absolute atomic E-state index is 0.00892. The molecule has 3 N–H and O–H groups in total. The van der Waals surface area contributed by atoms with E-state index in [4.69, 9.17) is 0 Å². The van der Waals surface area contributed by atoms with Crippen molar-refractivity contribution < 1.29 is 14.4 Å². The summed E-state index contributed by atoms with van der Waals surface area (Å²) in [7, 11) is 0. The average Bonchev–Trinajstić information content (AvgIpc) is 3.34. The van der Waals surface area contributed by atoms with Crippen LogP contribution in [0, 0.1) is 0 Å². The van der Waals surface area contributed by atoms with Crippen LogP contribution in [-0.2, 0) is 45.5 Å². The number of benzene rings is 2. The number of amides is 3. The molecule has 0 saturated heterocycles. The van der Waals surface area contributed by atoms with Crippen molar-refractivity contribution in [2.45, 2.75) is 43.9 Å². The van der Waals surface area contributed by atoms with Crippen molar-refractivity contribution in [1.82, 2.24) is 4.98 Å². The fraction of sp³-hybridized carbons (Fsp3) is 0.259. The van der Waals surface area contributed by atoms with E-state index in [1.807, 2.05) is 48.5 Å². The number of carbonyl (C=O) groups is 3. The molecule has 1 atom stereocenters.